The second-order valence-corrected chi connectivity index (χ2v) is 4.40. The van der Waals surface area contributed by atoms with Crippen LogP contribution in [-0.4, -0.2) is 4.98 Å². The predicted octanol–water partition coefficient (Wildman–Crippen LogP) is 3.32. The number of nitrogens with zero attached hydrogens (tertiary/aromatic N) is 1. The van der Waals surface area contributed by atoms with E-state index in [1.165, 1.54) is 0 Å². The van der Waals surface area contributed by atoms with E-state index in [4.69, 9.17) is 26.2 Å². The molecular weight excluding hydrogens is 252 g/mol. The molecule has 0 spiro atoms. The largest absolute Gasteiger partial charge is 0.448 e. The van der Waals surface area contributed by atoms with Gasteiger partial charge in [-0.2, -0.15) is 0 Å². The molecule has 0 bridgehead atoms. The van der Waals surface area contributed by atoms with E-state index in [2.05, 4.69) is 4.98 Å². The average molecular weight is 263 g/mol. The number of oxazole rings is 1. The van der Waals surface area contributed by atoms with Crippen molar-refractivity contribution in [3.8, 4) is 0 Å². The molecular formula is C13H11ClN2O2. The third-order valence-corrected chi connectivity index (χ3v) is 2.90. The van der Waals surface area contributed by atoms with E-state index in [-0.39, 0.29) is 6.04 Å². The van der Waals surface area contributed by atoms with Gasteiger partial charge in [0, 0.05) is 6.42 Å². The Balaban J connectivity index is 1.83. The van der Waals surface area contributed by atoms with Crippen molar-refractivity contribution in [2.75, 3.05) is 0 Å². The van der Waals surface area contributed by atoms with Gasteiger partial charge in [0.2, 0.25) is 0 Å². The molecule has 0 fully saturated rings. The lowest BCUT2D eigenvalue weighted by atomic mass is 10.2. The fourth-order valence-corrected chi connectivity index (χ4v) is 1.98. The van der Waals surface area contributed by atoms with Gasteiger partial charge in [0.25, 0.3) is 0 Å². The van der Waals surface area contributed by atoms with Gasteiger partial charge in [-0.3, -0.25) is 0 Å². The van der Waals surface area contributed by atoms with Gasteiger partial charge in [0.1, 0.15) is 11.3 Å². The summed E-state index contributed by atoms with van der Waals surface area (Å²) in [4.78, 5) is 4.36. The highest BCUT2D eigenvalue weighted by atomic mass is 35.5. The number of aromatic nitrogens is 1. The Kier molecular flexibility index (Phi) is 2.81. The molecule has 3 aromatic rings. The van der Waals surface area contributed by atoms with Gasteiger partial charge >= 0.3 is 0 Å². The molecule has 2 heterocycles. The zero-order chi connectivity index (χ0) is 12.5. The molecule has 5 heteroatoms. The van der Waals surface area contributed by atoms with Gasteiger partial charge in [0.05, 0.1) is 6.04 Å². The van der Waals surface area contributed by atoms with Crippen molar-refractivity contribution in [2.45, 2.75) is 12.5 Å². The van der Waals surface area contributed by atoms with E-state index in [0.29, 0.717) is 23.3 Å². The van der Waals surface area contributed by atoms with Crippen LogP contribution < -0.4 is 5.73 Å². The maximum Gasteiger partial charge on any atom is 0.197 e. The van der Waals surface area contributed by atoms with Crippen LogP contribution in [0.2, 0.25) is 5.22 Å². The maximum atomic E-state index is 6.01. The van der Waals surface area contributed by atoms with E-state index >= 15 is 0 Å². The number of halogens is 1. The van der Waals surface area contributed by atoms with Gasteiger partial charge in [0.15, 0.2) is 16.7 Å². The lowest BCUT2D eigenvalue weighted by Crippen LogP contribution is -2.12. The van der Waals surface area contributed by atoms with Crippen LogP contribution in [-0.2, 0) is 6.42 Å². The van der Waals surface area contributed by atoms with Gasteiger partial charge in [-0.25, -0.2) is 4.98 Å². The predicted molar refractivity (Wildman–Crippen MR) is 68.4 cm³/mol. The third-order valence-electron chi connectivity index (χ3n) is 2.69. The van der Waals surface area contributed by atoms with Crippen LogP contribution in [0.5, 0.6) is 0 Å². The molecule has 0 aliphatic carbocycles. The molecule has 0 radical (unpaired) electrons. The van der Waals surface area contributed by atoms with E-state index in [0.717, 1.165) is 11.1 Å². The van der Waals surface area contributed by atoms with Crippen molar-refractivity contribution in [1.82, 2.24) is 4.98 Å². The van der Waals surface area contributed by atoms with Crippen molar-refractivity contribution in [2.24, 2.45) is 5.73 Å². The number of hydrogen-bond donors (Lipinski definition) is 1. The molecule has 0 aliphatic heterocycles. The summed E-state index contributed by atoms with van der Waals surface area (Å²) in [5, 5.41) is 0.331. The van der Waals surface area contributed by atoms with Crippen LogP contribution in [0.1, 0.15) is 17.7 Å². The Morgan fingerprint density at radius 2 is 2.00 bits per heavy atom. The summed E-state index contributed by atoms with van der Waals surface area (Å²) in [7, 11) is 0. The van der Waals surface area contributed by atoms with Gasteiger partial charge in [-0.05, 0) is 35.9 Å². The molecule has 3 rings (SSSR count). The average Bonchev–Trinajstić information content (AvgIpc) is 2.94. The number of para-hydroxylation sites is 2. The molecule has 1 atom stereocenters. The first kappa shape index (κ1) is 11.3. The highest BCUT2D eigenvalue weighted by Gasteiger charge is 2.15. The van der Waals surface area contributed by atoms with Crippen LogP contribution in [0.3, 0.4) is 0 Å². The Bertz CT molecular complexity index is 641. The summed E-state index contributed by atoms with van der Waals surface area (Å²) < 4.78 is 10.9. The molecule has 0 saturated heterocycles. The standard InChI is InChI=1S/C13H11ClN2O2/c14-12-6-5-10(17-12)8(15)7-13-16-9-3-1-2-4-11(9)18-13/h1-6,8H,7,15H2. The smallest absolute Gasteiger partial charge is 0.197 e. The van der Waals surface area contributed by atoms with Crippen molar-refractivity contribution < 1.29 is 8.83 Å². The van der Waals surface area contributed by atoms with Gasteiger partial charge in [-0.15, -0.1) is 0 Å². The molecule has 92 valence electrons. The van der Waals surface area contributed by atoms with E-state index in [1.807, 2.05) is 24.3 Å². The molecule has 18 heavy (non-hydrogen) atoms. The maximum absolute atomic E-state index is 6.01. The zero-order valence-electron chi connectivity index (χ0n) is 9.47. The van der Waals surface area contributed by atoms with Gasteiger partial charge < -0.3 is 14.6 Å². The summed E-state index contributed by atoms with van der Waals surface area (Å²) in [6.45, 7) is 0. The van der Waals surface area contributed by atoms with Crippen LogP contribution in [0.4, 0.5) is 0 Å². The second-order valence-electron chi connectivity index (χ2n) is 4.03. The molecule has 1 unspecified atom stereocenters. The van der Waals surface area contributed by atoms with Crippen LogP contribution in [0.15, 0.2) is 45.2 Å². The lowest BCUT2D eigenvalue weighted by Gasteiger charge is -2.04. The normalized spacial score (nSPS) is 13.0. The number of furan rings is 1. The van der Waals surface area contributed by atoms with E-state index < -0.39 is 0 Å². The summed E-state index contributed by atoms with van der Waals surface area (Å²) >= 11 is 5.71. The van der Waals surface area contributed by atoms with E-state index in [1.54, 1.807) is 12.1 Å². The second kappa shape index (κ2) is 4.48. The molecule has 0 amide bonds. The number of nitrogens with two attached hydrogens (primary N) is 1. The molecule has 0 aliphatic rings. The van der Waals surface area contributed by atoms with Crippen molar-refractivity contribution in [3.05, 3.63) is 53.3 Å². The Hall–Kier alpha value is -1.78. The van der Waals surface area contributed by atoms with Crippen molar-refractivity contribution in [3.63, 3.8) is 0 Å². The van der Waals surface area contributed by atoms with Crippen LogP contribution in [0.25, 0.3) is 11.1 Å². The monoisotopic (exact) mass is 262 g/mol. The van der Waals surface area contributed by atoms with Gasteiger partial charge in [-0.1, -0.05) is 12.1 Å². The fourth-order valence-electron chi connectivity index (χ4n) is 1.82. The topological polar surface area (TPSA) is 65.2 Å². The minimum Gasteiger partial charge on any atom is -0.448 e. The number of benzene rings is 1. The van der Waals surface area contributed by atoms with Crippen LogP contribution >= 0.6 is 11.6 Å². The number of fused-ring (bicyclic) bond motifs is 1. The lowest BCUT2D eigenvalue weighted by molar-refractivity contribution is 0.435. The van der Waals surface area contributed by atoms with Crippen molar-refractivity contribution >= 4 is 22.7 Å². The summed E-state index contributed by atoms with van der Waals surface area (Å²) in [5.41, 5.74) is 7.60. The first-order chi connectivity index (χ1) is 8.72. The first-order valence-electron chi connectivity index (χ1n) is 5.57. The highest BCUT2D eigenvalue weighted by Crippen LogP contribution is 2.23. The summed E-state index contributed by atoms with van der Waals surface area (Å²) in [6.07, 6.45) is 0.471. The molecule has 2 aromatic heterocycles. The molecule has 0 saturated carbocycles. The van der Waals surface area contributed by atoms with Crippen LogP contribution in [0, 0.1) is 0 Å². The highest BCUT2D eigenvalue weighted by molar-refractivity contribution is 6.28. The summed E-state index contributed by atoms with van der Waals surface area (Å²) in [6, 6.07) is 10.7. The Morgan fingerprint density at radius 1 is 1.17 bits per heavy atom. The minimum atomic E-state index is -0.314. The SMILES string of the molecule is NC(Cc1nc2ccccc2o1)c1ccc(Cl)o1. The number of rotatable bonds is 3. The first-order valence-corrected chi connectivity index (χ1v) is 5.95. The third kappa shape index (κ3) is 2.12. The fraction of sp³-hybridized carbons (Fsp3) is 0.154. The van der Waals surface area contributed by atoms with E-state index in [9.17, 15) is 0 Å². The zero-order valence-corrected chi connectivity index (χ0v) is 10.2. The molecule has 1 aromatic carbocycles. The summed E-state index contributed by atoms with van der Waals surface area (Å²) in [5.74, 6) is 1.22. The quantitative estimate of drug-likeness (QED) is 0.786. The Morgan fingerprint density at radius 3 is 2.72 bits per heavy atom. The number of hydrogen-bond acceptors (Lipinski definition) is 4. The minimum absolute atomic E-state index is 0.314. The molecule has 4 nitrogen and oxygen atoms in total. The van der Waals surface area contributed by atoms with Crippen molar-refractivity contribution in [1.29, 1.82) is 0 Å². The molecule has 2 N–H and O–H groups in total. The Labute approximate surface area is 108 Å².